The molecule has 3 nitrogen and oxygen atoms in total. The number of halogens is 1. The van der Waals surface area contributed by atoms with E-state index in [1.54, 1.807) is 0 Å². The third-order valence-corrected chi connectivity index (χ3v) is 4.48. The molecule has 1 aliphatic rings. The average molecular weight is 264 g/mol. The molecular formula is C10H18BrNO2. The first kappa shape index (κ1) is 12.0. The van der Waals surface area contributed by atoms with E-state index < -0.39 is 4.45 Å². The van der Waals surface area contributed by atoms with Crippen LogP contribution in [0, 0.1) is 27.9 Å². The van der Waals surface area contributed by atoms with Crippen LogP contribution < -0.4 is 0 Å². The van der Waals surface area contributed by atoms with Crippen LogP contribution in [0.15, 0.2) is 0 Å². The summed E-state index contributed by atoms with van der Waals surface area (Å²) in [5.41, 5.74) is 0. The van der Waals surface area contributed by atoms with Crippen molar-refractivity contribution in [3.05, 3.63) is 10.1 Å². The summed E-state index contributed by atoms with van der Waals surface area (Å²) in [6, 6.07) is 0. The van der Waals surface area contributed by atoms with Gasteiger partial charge in [-0.05, 0) is 24.7 Å². The molecular weight excluding hydrogens is 246 g/mol. The molecule has 0 bridgehead atoms. The lowest BCUT2D eigenvalue weighted by Gasteiger charge is -2.37. The molecule has 4 heteroatoms. The Labute approximate surface area is 93.5 Å². The van der Waals surface area contributed by atoms with E-state index in [1.165, 1.54) is 0 Å². The molecule has 0 heterocycles. The molecule has 0 aromatic heterocycles. The largest absolute Gasteiger partial charge is 0.277 e. The molecule has 1 aliphatic carbocycles. The third-order valence-electron chi connectivity index (χ3n) is 3.28. The quantitative estimate of drug-likeness (QED) is 0.332. The van der Waals surface area contributed by atoms with Gasteiger partial charge in [0.15, 0.2) is 0 Å². The van der Waals surface area contributed by atoms with Gasteiger partial charge in [0.1, 0.15) is 0 Å². The van der Waals surface area contributed by atoms with E-state index in [2.05, 4.69) is 36.7 Å². The van der Waals surface area contributed by atoms with Crippen molar-refractivity contribution < 1.29 is 4.92 Å². The van der Waals surface area contributed by atoms with Gasteiger partial charge in [0.25, 0.3) is 4.45 Å². The zero-order valence-electron chi connectivity index (χ0n) is 9.00. The fourth-order valence-corrected chi connectivity index (χ4v) is 3.79. The van der Waals surface area contributed by atoms with Gasteiger partial charge < -0.3 is 0 Å². The van der Waals surface area contributed by atoms with Gasteiger partial charge in [-0.15, -0.1) is 0 Å². The number of nitrogens with zero attached hydrogens (tertiary/aromatic N) is 1. The van der Waals surface area contributed by atoms with Crippen LogP contribution in [0.4, 0.5) is 0 Å². The predicted molar refractivity (Wildman–Crippen MR) is 60.0 cm³/mol. The molecule has 0 radical (unpaired) electrons. The summed E-state index contributed by atoms with van der Waals surface area (Å²) in [5, 5.41) is 11.1. The molecule has 1 unspecified atom stereocenters. The minimum Gasteiger partial charge on any atom is -0.263 e. The number of hydrogen-bond donors (Lipinski definition) is 0. The number of hydrogen-bond acceptors (Lipinski definition) is 2. The van der Waals surface area contributed by atoms with E-state index >= 15 is 0 Å². The monoisotopic (exact) mass is 263 g/mol. The molecule has 0 aromatic carbocycles. The molecule has 3 atom stereocenters. The van der Waals surface area contributed by atoms with Gasteiger partial charge in [0, 0.05) is 33.2 Å². The molecule has 0 aliphatic heterocycles. The van der Waals surface area contributed by atoms with E-state index in [0.717, 1.165) is 12.8 Å². The second-order valence-corrected chi connectivity index (χ2v) is 6.19. The summed E-state index contributed by atoms with van der Waals surface area (Å²) >= 11 is 3.37. The Balaban J connectivity index is 2.88. The van der Waals surface area contributed by atoms with E-state index in [1.807, 2.05) is 0 Å². The summed E-state index contributed by atoms with van der Waals surface area (Å²) in [6.07, 6.45) is 2.73. The standard InChI is InChI=1S/C10H18BrNO2/c1-7(2)9-5-4-8(3)6-10(9,11)12(13)14/h7-9H,4-6H2,1-3H3/t8-,9+,10?/m1/s1. The van der Waals surface area contributed by atoms with Crippen LogP contribution in [0.5, 0.6) is 0 Å². The number of rotatable bonds is 2. The molecule has 0 saturated heterocycles. The van der Waals surface area contributed by atoms with Gasteiger partial charge in [0.05, 0.1) is 0 Å². The normalized spacial score (nSPS) is 38.6. The van der Waals surface area contributed by atoms with E-state index in [0.29, 0.717) is 18.3 Å². The highest BCUT2D eigenvalue weighted by molar-refractivity contribution is 9.10. The van der Waals surface area contributed by atoms with Crippen molar-refractivity contribution in [3.63, 3.8) is 0 Å². The Morgan fingerprint density at radius 2 is 2.07 bits per heavy atom. The van der Waals surface area contributed by atoms with Crippen molar-refractivity contribution in [3.8, 4) is 0 Å². The van der Waals surface area contributed by atoms with Crippen molar-refractivity contribution in [2.45, 2.75) is 44.5 Å². The van der Waals surface area contributed by atoms with Gasteiger partial charge in [-0.2, -0.15) is 0 Å². The van der Waals surface area contributed by atoms with Gasteiger partial charge in [-0.1, -0.05) is 20.8 Å². The first-order valence-electron chi connectivity index (χ1n) is 5.21. The first-order valence-corrected chi connectivity index (χ1v) is 6.00. The predicted octanol–water partition coefficient (Wildman–Crippen LogP) is 3.45. The topological polar surface area (TPSA) is 43.1 Å². The van der Waals surface area contributed by atoms with E-state index in [-0.39, 0.29) is 10.8 Å². The van der Waals surface area contributed by atoms with Gasteiger partial charge in [0.2, 0.25) is 0 Å². The summed E-state index contributed by atoms with van der Waals surface area (Å²) < 4.78 is -0.876. The second kappa shape index (κ2) is 4.17. The van der Waals surface area contributed by atoms with E-state index in [4.69, 9.17) is 0 Å². The maximum Gasteiger partial charge on any atom is 0.277 e. The van der Waals surface area contributed by atoms with Gasteiger partial charge in [-0.25, -0.2) is 0 Å². The van der Waals surface area contributed by atoms with Crippen molar-refractivity contribution in [1.82, 2.24) is 0 Å². The smallest absolute Gasteiger partial charge is 0.263 e. The van der Waals surface area contributed by atoms with Crippen LogP contribution in [0.3, 0.4) is 0 Å². The summed E-state index contributed by atoms with van der Waals surface area (Å²) in [5.74, 6) is 0.982. The number of alkyl halides is 1. The minimum absolute atomic E-state index is 0.132. The molecule has 0 aromatic rings. The maximum absolute atomic E-state index is 11.1. The number of nitro groups is 1. The minimum atomic E-state index is -0.876. The van der Waals surface area contributed by atoms with Crippen molar-refractivity contribution in [2.24, 2.45) is 17.8 Å². The lowest BCUT2D eigenvalue weighted by molar-refractivity contribution is -0.552. The molecule has 0 spiro atoms. The Hall–Kier alpha value is -0.120. The maximum atomic E-state index is 11.1. The zero-order chi connectivity index (χ0) is 10.9. The van der Waals surface area contributed by atoms with Crippen LogP contribution in [-0.4, -0.2) is 9.37 Å². The zero-order valence-corrected chi connectivity index (χ0v) is 10.6. The highest BCUT2D eigenvalue weighted by Crippen LogP contribution is 2.46. The van der Waals surface area contributed by atoms with Crippen molar-refractivity contribution >= 4 is 15.9 Å². The second-order valence-electron chi connectivity index (χ2n) is 4.81. The summed E-state index contributed by atoms with van der Waals surface area (Å²) in [4.78, 5) is 11.0. The first-order chi connectivity index (χ1) is 6.38. The fraction of sp³-hybridized carbons (Fsp3) is 1.00. The van der Waals surface area contributed by atoms with Gasteiger partial charge in [-0.3, -0.25) is 10.1 Å². The summed E-state index contributed by atoms with van der Waals surface area (Å²) in [7, 11) is 0. The lowest BCUT2D eigenvalue weighted by Crippen LogP contribution is -2.46. The van der Waals surface area contributed by atoms with Gasteiger partial charge >= 0.3 is 0 Å². The van der Waals surface area contributed by atoms with Crippen LogP contribution in [-0.2, 0) is 0 Å². The SMILES string of the molecule is CC(C)[C@@H]1CC[C@@H](C)CC1(Br)[N+](=O)[O-]. The summed E-state index contributed by atoms with van der Waals surface area (Å²) in [6.45, 7) is 6.23. The third kappa shape index (κ3) is 2.10. The Morgan fingerprint density at radius 3 is 2.50 bits per heavy atom. The lowest BCUT2D eigenvalue weighted by atomic mass is 9.74. The van der Waals surface area contributed by atoms with Crippen molar-refractivity contribution in [1.29, 1.82) is 0 Å². The van der Waals surface area contributed by atoms with Crippen molar-refractivity contribution in [2.75, 3.05) is 0 Å². The molecule has 0 amide bonds. The Morgan fingerprint density at radius 1 is 1.50 bits per heavy atom. The molecule has 1 saturated carbocycles. The molecule has 82 valence electrons. The highest BCUT2D eigenvalue weighted by Gasteiger charge is 2.52. The molecule has 1 fully saturated rings. The highest BCUT2D eigenvalue weighted by atomic mass is 79.9. The molecule has 0 N–H and O–H groups in total. The van der Waals surface area contributed by atoms with Crippen LogP contribution in [0.2, 0.25) is 0 Å². The van der Waals surface area contributed by atoms with Crippen LogP contribution in [0.1, 0.15) is 40.0 Å². The van der Waals surface area contributed by atoms with Crippen LogP contribution in [0.25, 0.3) is 0 Å². The average Bonchev–Trinajstić information content (AvgIpc) is 2.02. The molecule has 14 heavy (non-hydrogen) atoms. The fourth-order valence-electron chi connectivity index (χ4n) is 2.48. The Kier molecular flexibility index (Phi) is 3.56. The van der Waals surface area contributed by atoms with Crippen LogP contribution >= 0.6 is 15.9 Å². The Bertz CT molecular complexity index is 232. The molecule has 1 rings (SSSR count). The van der Waals surface area contributed by atoms with E-state index in [9.17, 15) is 10.1 Å².